The molecule has 1 heterocycles. The van der Waals surface area contributed by atoms with Crippen molar-refractivity contribution in [3.63, 3.8) is 0 Å². The molecule has 0 unspecified atom stereocenters. The van der Waals surface area contributed by atoms with E-state index in [4.69, 9.17) is 4.74 Å². The quantitative estimate of drug-likeness (QED) is 0.741. The highest BCUT2D eigenvalue weighted by atomic mass is 19.4. The summed E-state index contributed by atoms with van der Waals surface area (Å²) < 4.78 is 45.8. The number of amides is 1. The van der Waals surface area contributed by atoms with E-state index in [9.17, 15) is 18.0 Å². The van der Waals surface area contributed by atoms with Crippen LogP contribution in [0.3, 0.4) is 0 Å². The molecule has 3 rings (SSSR count). The average Bonchev–Trinajstić information content (AvgIpc) is 3.10. The first-order chi connectivity index (χ1) is 12.4. The number of carbonyl (C=O) groups is 1. The monoisotopic (exact) mass is 361 g/mol. The number of carbonyl (C=O) groups excluding carboxylic acids is 1. The van der Waals surface area contributed by atoms with Gasteiger partial charge in [-0.15, -0.1) is 0 Å². The lowest BCUT2D eigenvalue weighted by atomic mass is 10.1. The molecule has 5 nitrogen and oxygen atoms in total. The number of nitrogens with one attached hydrogen (secondary N) is 1. The van der Waals surface area contributed by atoms with Crippen molar-refractivity contribution in [2.75, 3.05) is 5.32 Å². The number of ether oxygens (including phenoxy) is 1. The Bertz CT molecular complexity index is 892. The van der Waals surface area contributed by atoms with Gasteiger partial charge in [0.2, 0.25) is 0 Å². The topological polar surface area (TPSA) is 56.2 Å². The summed E-state index contributed by atoms with van der Waals surface area (Å²) in [5.41, 5.74) is -1.25. The predicted molar refractivity (Wildman–Crippen MR) is 88.7 cm³/mol. The molecular formula is C18H14F3N3O2. The molecule has 0 aliphatic carbocycles. The van der Waals surface area contributed by atoms with Crippen molar-refractivity contribution in [1.29, 1.82) is 0 Å². The first kappa shape index (κ1) is 17.5. The minimum Gasteiger partial charge on any atom is -0.471 e. The zero-order valence-electron chi connectivity index (χ0n) is 13.4. The standard InChI is InChI=1S/C18H14F3N3O2/c19-18(20,21)14-8-4-5-9-15(14)22-17(25)16-10-11-24(23-16)12-26-13-6-2-1-3-7-13/h1-11H,12H2,(H,22,25). The number of para-hydroxylation sites is 2. The van der Waals surface area contributed by atoms with Gasteiger partial charge < -0.3 is 10.1 Å². The molecule has 3 aromatic rings. The van der Waals surface area contributed by atoms with Gasteiger partial charge in [-0.2, -0.15) is 18.3 Å². The second-order valence-electron chi connectivity index (χ2n) is 5.32. The second kappa shape index (κ2) is 7.30. The van der Waals surface area contributed by atoms with E-state index in [0.717, 1.165) is 6.07 Å². The minimum absolute atomic E-state index is 0.0151. The van der Waals surface area contributed by atoms with E-state index < -0.39 is 17.6 Å². The van der Waals surface area contributed by atoms with Gasteiger partial charge in [-0.25, -0.2) is 4.68 Å². The Labute approximate surface area is 147 Å². The molecule has 26 heavy (non-hydrogen) atoms. The zero-order chi connectivity index (χ0) is 18.6. The maximum absolute atomic E-state index is 13.0. The maximum Gasteiger partial charge on any atom is 0.418 e. The van der Waals surface area contributed by atoms with Crippen LogP contribution in [0, 0.1) is 0 Å². The van der Waals surface area contributed by atoms with E-state index in [1.807, 2.05) is 18.2 Å². The summed E-state index contributed by atoms with van der Waals surface area (Å²) in [6.07, 6.45) is -3.06. The fourth-order valence-corrected chi connectivity index (χ4v) is 2.24. The largest absolute Gasteiger partial charge is 0.471 e. The van der Waals surface area contributed by atoms with Gasteiger partial charge in [-0.05, 0) is 30.3 Å². The maximum atomic E-state index is 13.0. The SMILES string of the molecule is O=C(Nc1ccccc1C(F)(F)F)c1ccn(COc2ccccc2)n1. The molecule has 1 aromatic heterocycles. The molecular weight excluding hydrogens is 347 g/mol. The van der Waals surface area contributed by atoms with Crippen molar-refractivity contribution in [1.82, 2.24) is 9.78 Å². The molecule has 0 atom stereocenters. The number of aromatic nitrogens is 2. The fourth-order valence-electron chi connectivity index (χ4n) is 2.24. The highest BCUT2D eigenvalue weighted by molar-refractivity contribution is 6.03. The first-order valence-electron chi connectivity index (χ1n) is 7.62. The van der Waals surface area contributed by atoms with Gasteiger partial charge in [-0.3, -0.25) is 4.79 Å². The van der Waals surface area contributed by atoms with Crippen molar-refractivity contribution in [3.05, 3.63) is 78.1 Å². The smallest absolute Gasteiger partial charge is 0.418 e. The van der Waals surface area contributed by atoms with Crippen LogP contribution in [-0.4, -0.2) is 15.7 Å². The molecule has 0 aliphatic rings. The first-order valence-corrected chi connectivity index (χ1v) is 7.62. The lowest BCUT2D eigenvalue weighted by Gasteiger charge is -2.12. The van der Waals surface area contributed by atoms with Crippen LogP contribution in [0.1, 0.15) is 16.1 Å². The highest BCUT2D eigenvalue weighted by Crippen LogP contribution is 2.34. The van der Waals surface area contributed by atoms with Crippen LogP contribution in [0.25, 0.3) is 0 Å². The van der Waals surface area contributed by atoms with Crippen LogP contribution in [0.4, 0.5) is 18.9 Å². The van der Waals surface area contributed by atoms with Gasteiger partial charge in [0.1, 0.15) is 5.75 Å². The van der Waals surface area contributed by atoms with Gasteiger partial charge in [-0.1, -0.05) is 30.3 Å². The fraction of sp³-hybridized carbons (Fsp3) is 0.111. The third kappa shape index (κ3) is 4.21. The Morgan fingerprint density at radius 2 is 1.73 bits per heavy atom. The summed E-state index contributed by atoms with van der Waals surface area (Å²) in [5.74, 6) is -0.103. The van der Waals surface area contributed by atoms with Crippen LogP contribution >= 0.6 is 0 Å². The molecule has 134 valence electrons. The molecule has 0 bridgehead atoms. The van der Waals surface area contributed by atoms with Crippen molar-refractivity contribution in [2.24, 2.45) is 0 Å². The van der Waals surface area contributed by atoms with E-state index in [1.54, 1.807) is 12.1 Å². The number of alkyl halides is 3. The molecule has 0 radical (unpaired) electrons. The van der Waals surface area contributed by atoms with E-state index in [-0.39, 0.29) is 18.1 Å². The van der Waals surface area contributed by atoms with Crippen molar-refractivity contribution >= 4 is 11.6 Å². The normalized spacial score (nSPS) is 11.2. The van der Waals surface area contributed by atoms with Crippen LogP contribution in [0.5, 0.6) is 5.75 Å². The lowest BCUT2D eigenvalue weighted by molar-refractivity contribution is -0.136. The molecule has 0 aliphatic heterocycles. The molecule has 0 spiro atoms. The number of anilines is 1. The van der Waals surface area contributed by atoms with Gasteiger partial charge in [0.25, 0.3) is 5.91 Å². The summed E-state index contributed by atoms with van der Waals surface area (Å²) in [4.78, 5) is 12.2. The summed E-state index contributed by atoms with van der Waals surface area (Å²) in [6.45, 7) is 0.0659. The van der Waals surface area contributed by atoms with E-state index in [1.165, 1.54) is 35.1 Å². The number of hydrogen-bond donors (Lipinski definition) is 1. The zero-order valence-corrected chi connectivity index (χ0v) is 13.4. The third-order valence-electron chi connectivity index (χ3n) is 3.46. The van der Waals surface area contributed by atoms with Crippen molar-refractivity contribution in [3.8, 4) is 5.75 Å². The highest BCUT2D eigenvalue weighted by Gasteiger charge is 2.33. The summed E-state index contributed by atoms with van der Waals surface area (Å²) in [7, 11) is 0. The molecule has 2 aromatic carbocycles. The molecule has 1 amide bonds. The van der Waals surface area contributed by atoms with E-state index in [2.05, 4.69) is 10.4 Å². The van der Waals surface area contributed by atoms with Crippen LogP contribution < -0.4 is 10.1 Å². The average molecular weight is 361 g/mol. The Hall–Kier alpha value is -3.29. The number of nitrogens with zero attached hydrogens (tertiary/aromatic N) is 2. The molecule has 0 saturated heterocycles. The van der Waals surface area contributed by atoms with Crippen molar-refractivity contribution in [2.45, 2.75) is 12.9 Å². The summed E-state index contributed by atoms with van der Waals surface area (Å²) >= 11 is 0. The molecule has 0 fully saturated rings. The number of rotatable bonds is 5. The van der Waals surface area contributed by atoms with E-state index in [0.29, 0.717) is 5.75 Å². The van der Waals surface area contributed by atoms with E-state index >= 15 is 0 Å². The van der Waals surface area contributed by atoms with Gasteiger partial charge in [0, 0.05) is 6.20 Å². The summed E-state index contributed by atoms with van der Waals surface area (Å²) in [6, 6.07) is 15.2. The number of hydrogen-bond acceptors (Lipinski definition) is 3. The molecule has 8 heteroatoms. The van der Waals surface area contributed by atoms with Gasteiger partial charge in [0.05, 0.1) is 11.3 Å². The number of benzene rings is 2. The molecule has 0 saturated carbocycles. The third-order valence-corrected chi connectivity index (χ3v) is 3.46. The minimum atomic E-state index is -4.56. The molecule has 1 N–H and O–H groups in total. The Balaban J connectivity index is 1.67. The summed E-state index contributed by atoms with van der Waals surface area (Å²) in [5, 5.41) is 6.26. The second-order valence-corrected chi connectivity index (χ2v) is 5.32. The Morgan fingerprint density at radius 3 is 2.46 bits per heavy atom. The number of halogens is 3. The Morgan fingerprint density at radius 1 is 1.04 bits per heavy atom. The van der Waals surface area contributed by atoms with Crippen molar-refractivity contribution < 1.29 is 22.7 Å². The lowest BCUT2D eigenvalue weighted by Crippen LogP contribution is -2.17. The van der Waals surface area contributed by atoms with Crippen LogP contribution in [0.2, 0.25) is 0 Å². The van der Waals surface area contributed by atoms with Crippen LogP contribution in [0.15, 0.2) is 66.9 Å². The Kier molecular flexibility index (Phi) is 4.92. The predicted octanol–water partition coefficient (Wildman–Crippen LogP) is 4.19. The van der Waals surface area contributed by atoms with Crippen LogP contribution in [-0.2, 0) is 12.9 Å². The van der Waals surface area contributed by atoms with Gasteiger partial charge in [0.15, 0.2) is 12.4 Å². The van der Waals surface area contributed by atoms with Gasteiger partial charge >= 0.3 is 6.18 Å².